The van der Waals surface area contributed by atoms with E-state index in [1.54, 1.807) is 0 Å². The molecular formula is C12H21N3O3. The number of nitrogens with zero attached hydrogens (tertiary/aromatic N) is 1. The molecule has 0 aromatic rings. The maximum Gasteiger partial charge on any atom is 0.324 e. The Morgan fingerprint density at radius 2 is 1.94 bits per heavy atom. The Kier molecular flexibility index (Phi) is 5.12. The summed E-state index contributed by atoms with van der Waals surface area (Å²) in [5.74, 6) is 0.129. The van der Waals surface area contributed by atoms with Crippen LogP contribution < -0.4 is 10.6 Å². The molecule has 2 saturated heterocycles. The Balaban J connectivity index is 0.000000199. The topological polar surface area (TPSA) is 78.5 Å². The van der Waals surface area contributed by atoms with Crippen molar-refractivity contribution in [1.82, 2.24) is 15.5 Å². The van der Waals surface area contributed by atoms with Gasteiger partial charge in [-0.25, -0.2) is 4.79 Å². The summed E-state index contributed by atoms with van der Waals surface area (Å²) in [6.07, 6.45) is 3.01. The van der Waals surface area contributed by atoms with E-state index in [0.717, 1.165) is 19.3 Å². The molecule has 0 spiro atoms. The molecule has 2 N–H and O–H groups in total. The number of hydrogen-bond donors (Lipinski definition) is 2. The number of imide groups is 1. The monoisotopic (exact) mass is 255 g/mol. The second kappa shape index (κ2) is 6.37. The molecule has 2 atom stereocenters. The highest BCUT2D eigenvalue weighted by Gasteiger charge is 2.31. The second-order valence-electron chi connectivity index (χ2n) is 4.71. The van der Waals surface area contributed by atoms with E-state index in [2.05, 4.69) is 10.6 Å². The molecule has 0 aromatic carbocycles. The van der Waals surface area contributed by atoms with Gasteiger partial charge in [0.15, 0.2) is 0 Å². The fourth-order valence-corrected chi connectivity index (χ4v) is 2.03. The minimum atomic E-state index is -0.292. The number of rotatable bonds is 0. The first-order valence-corrected chi connectivity index (χ1v) is 6.28. The van der Waals surface area contributed by atoms with Crippen molar-refractivity contribution in [2.24, 2.45) is 0 Å². The normalized spacial score (nSPS) is 26.5. The number of amides is 4. The molecule has 0 radical (unpaired) electrons. The lowest BCUT2D eigenvalue weighted by Gasteiger charge is -2.18. The van der Waals surface area contributed by atoms with Gasteiger partial charge in [0.1, 0.15) is 0 Å². The molecule has 0 aromatic heterocycles. The van der Waals surface area contributed by atoms with Crippen LogP contribution in [0.25, 0.3) is 0 Å². The Bertz CT molecular complexity index is 343. The largest absolute Gasteiger partial charge is 0.354 e. The van der Waals surface area contributed by atoms with Gasteiger partial charge in [-0.2, -0.15) is 0 Å². The van der Waals surface area contributed by atoms with Gasteiger partial charge < -0.3 is 10.6 Å². The molecule has 0 bridgehead atoms. The third-order valence-electron chi connectivity index (χ3n) is 3.13. The van der Waals surface area contributed by atoms with Crippen molar-refractivity contribution in [2.75, 3.05) is 7.05 Å². The molecule has 2 rings (SSSR count). The smallest absolute Gasteiger partial charge is 0.324 e. The van der Waals surface area contributed by atoms with Crippen LogP contribution in [0.15, 0.2) is 0 Å². The molecule has 2 aliphatic rings. The highest BCUT2D eigenvalue weighted by Crippen LogP contribution is 2.17. The van der Waals surface area contributed by atoms with Gasteiger partial charge in [0.05, 0.1) is 0 Å². The summed E-state index contributed by atoms with van der Waals surface area (Å²) >= 11 is 0. The van der Waals surface area contributed by atoms with Gasteiger partial charge in [0.2, 0.25) is 11.8 Å². The van der Waals surface area contributed by atoms with Crippen molar-refractivity contribution in [2.45, 2.75) is 51.6 Å². The molecule has 6 heteroatoms. The fourth-order valence-electron chi connectivity index (χ4n) is 2.03. The van der Waals surface area contributed by atoms with Crippen LogP contribution in [0, 0.1) is 0 Å². The third kappa shape index (κ3) is 3.72. The summed E-state index contributed by atoms with van der Waals surface area (Å²) in [5.41, 5.74) is 0. The highest BCUT2D eigenvalue weighted by molar-refractivity contribution is 5.96. The van der Waals surface area contributed by atoms with Gasteiger partial charge in [0.25, 0.3) is 0 Å². The van der Waals surface area contributed by atoms with Crippen molar-refractivity contribution in [3.8, 4) is 0 Å². The lowest BCUT2D eigenvalue weighted by atomic mass is 10.2. The molecule has 0 saturated carbocycles. The highest BCUT2D eigenvalue weighted by atomic mass is 16.2. The van der Waals surface area contributed by atoms with Crippen molar-refractivity contribution in [3.05, 3.63) is 0 Å². The molecular weight excluding hydrogens is 234 g/mol. The number of hydrogen-bond acceptors (Lipinski definition) is 3. The van der Waals surface area contributed by atoms with Crippen molar-refractivity contribution >= 4 is 17.8 Å². The van der Waals surface area contributed by atoms with E-state index in [4.69, 9.17) is 0 Å². The molecule has 0 aliphatic carbocycles. The summed E-state index contributed by atoms with van der Waals surface area (Å²) in [4.78, 5) is 33.7. The van der Waals surface area contributed by atoms with E-state index in [1.165, 1.54) is 11.9 Å². The zero-order valence-electron chi connectivity index (χ0n) is 11.2. The molecule has 2 aliphatic heterocycles. The Hall–Kier alpha value is -1.59. The first-order chi connectivity index (χ1) is 8.45. The quantitative estimate of drug-likeness (QED) is 0.666. The van der Waals surface area contributed by atoms with E-state index in [1.807, 2.05) is 13.8 Å². The average Bonchev–Trinajstić information content (AvgIpc) is 2.85. The fraction of sp³-hybridized carbons (Fsp3) is 0.750. The van der Waals surface area contributed by atoms with Gasteiger partial charge in [0, 0.05) is 32.0 Å². The zero-order chi connectivity index (χ0) is 13.7. The van der Waals surface area contributed by atoms with E-state index in [-0.39, 0.29) is 23.9 Å². The van der Waals surface area contributed by atoms with Crippen LogP contribution in [-0.4, -0.2) is 41.9 Å². The number of likely N-dealkylation sites (tertiary alicyclic amines) is 1. The zero-order valence-corrected chi connectivity index (χ0v) is 11.2. The Morgan fingerprint density at radius 3 is 2.22 bits per heavy atom. The first kappa shape index (κ1) is 14.5. The number of carbonyl (C=O) groups is 3. The van der Waals surface area contributed by atoms with Crippen molar-refractivity contribution in [3.63, 3.8) is 0 Å². The van der Waals surface area contributed by atoms with Gasteiger partial charge in [-0.15, -0.1) is 0 Å². The average molecular weight is 255 g/mol. The van der Waals surface area contributed by atoms with Gasteiger partial charge >= 0.3 is 6.03 Å². The Morgan fingerprint density at radius 1 is 1.28 bits per heavy atom. The number of carbonyl (C=O) groups excluding carboxylic acids is 3. The maximum atomic E-state index is 11.1. The first-order valence-electron chi connectivity index (χ1n) is 6.28. The van der Waals surface area contributed by atoms with Crippen LogP contribution in [0.4, 0.5) is 4.79 Å². The number of urea groups is 1. The predicted molar refractivity (Wildman–Crippen MR) is 66.8 cm³/mol. The van der Waals surface area contributed by atoms with Crippen LogP contribution in [-0.2, 0) is 9.59 Å². The van der Waals surface area contributed by atoms with Crippen molar-refractivity contribution < 1.29 is 14.4 Å². The van der Waals surface area contributed by atoms with E-state index in [0.29, 0.717) is 12.5 Å². The summed E-state index contributed by atoms with van der Waals surface area (Å²) in [6.45, 7) is 3.89. The lowest BCUT2D eigenvalue weighted by Crippen LogP contribution is -2.42. The summed E-state index contributed by atoms with van der Waals surface area (Å²) < 4.78 is 0. The predicted octanol–water partition coefficient (Wildman–Crippen LogP) is 0.622. The van der Waals surface area contributed by atoms with Crippen molar-refractivity contribution in [1.29, 1.82) is 0 Å². The SMILES string of the molecule is CC1CCC(=O)N1.CNC(=O)N1C(=O)CCC1C. The van der Waals surface area contributed by atoms with E-state index in [9.17, 15) is 14.4 Å². The summed E-state index contributed by atoms with van der Waals surface area (Å²) in [5, 5.41) is 5.21. The second-order valence-corrected chi connectivity index (χ2v) is 4.71. The van der Waals surface area contributed by atoms with Gasteiger partial charge in [-0.3, -0.25) is 14.5 Å². The molecule has 2 unspecified atom stereocenters. The molecule has 2 fully saturated rings. The maximum absolute atomic E-state index is 11.1. The van der Waals surface area contributed by atoms with E-state index < -0.39 is 0 Å². The van der Waals surface area contributed by atoms with Gasteiger partial charge in [-0.05, 0) is 26.7 Å². The molecule has 6 nitrogen and oxygen atoms in total. The standard InChI is InChI=1S/C7H12N2O2.C5H9NO/c1-5-3-4-6(10)9(5)7(11)8-2;1-4-2-3-5(7)6-4/h5H,3-4H2,1-2H3,(H,8,11);4H,2-3H2,1H3,(H,6,7). The summed E-state index contributed by atoms with van der Waals surface area (Å²) in [6, 6.07) is 0.190. The molecule has 4 amide bonds. The van der Waals surface area contributed by atoms with Gasteiger partial charge in [-0.1, -0.05) is 0 Å². The minimum absolute atomic E-state index is 0.0578. The molecule has 18 heavy (non-hydrogen) atoms. The van der Waals surface area contributed by atoms with Crippen LogP contribution in [0.3, 0.4) is 0 Å². The third-order valence-corrected chi connectivity index (χ3v) is 3.13. The lowest BCUT2D eigenvalue weighted by molar-refractivity contribution is -0.126. The van der Waals surface area contributed by atoms with Crippen LogP contribution in [0.5, 0.6) is 0 Å². The van der Waals surface area contributed by atoms with E-state index >= 15 is 0 Å². The number of nitrogens with one attached hydrogen (secondary N) is 2. The molecule has 2 heterocycles. The summed E-state index contributed by atoms with van der Waals surface area (Å²) in [7, 11) is 1.53. The Labute approximate surface area is 107 Å². The molecule has 102 valence electrons. The minimum Gasteiger partial charge on any atom is -0.354 e. The van der Waals surface area contributed by atoms with Crippen LogP contribution >= 0.6 is 0 Å². The van der Waals surface area contributed by atoms with Crippen LogP contribution in [0.1, 0.15) is 39.5 Å². The van der Waals surface area contributed by atoms with Crippen LogP contribution in [0.2, 0.25) is 0 Å².